The predicted octanol–water partition coefficient (Wildman–Crippen LogP) is 0.0985. The topological polar surface area (TPSA) is 66.8 Å². The molecule has 1 aliphatic heterocycles. The molecule has 1 aliphatic rings. The van der Waals surface area contributed by atoms with Crippen LogP contribution < -0.4 is 0 Å². The molecular formula is C9H15NO4. The van der Waals surface area contributed by atoms with E-state index in [-0.39, 0.29) is 12.5 Å². The summed E-state index contributed by atoms with van der Waals surface area (Å²) in [4.78, 5) is 23.9. The molecule has 0 aromatic carbocycles. The first kappa shape index (κ1) is 11.0. The molecule has 0 bridgehead atoms. The molecule has 1 heterocycles. The Morgan fingerprint density at radius 3 is 2.71 bits per heavy atom. The molecule has 1 atom stereocenters. The maximum absolute atomic E-state index is 11.5. The Hall–Kier alpha value is -1.10. The minimum Gasteiger partial charge on any atom is -0.480 e. The number of carbonyl (C=O) groups excluding carboxylic acids is 1. The highest BCUT2D eigenvalue weighted by molar-refractivity contribution is 5.87. The van der Waals surface area contributed by atoms with Gasteiger partial charge in [0.05, 0.1) is 0 Å². The van der Waals surface area contributed by atoms with E-state index in [0.717, 1.165) is 6.42 Å². The van der Waals surface area contributed by atoms with Crippen molar-refractivity contribution in [3.05, 3.63) is 0 Å². The zero-order valence-electron chi connectivity index (χ0n) is 8.45. The van der Waals surface area contributed by atoms with Crippen LogP contribution in [0.1, 0.15) is 19.8 Å². The number of carboxylic acids is 1. The average molecular weight is 201 g/mol. The molecule has 0 saturated carbocycles. The van der Waals surface area contributed by atoms with E-state index in [4.69, 9.17) is 9.84 Å². The van der Waals surface area contributed by atoms with Gasteiger partial charge in [-0.1, -0.05) is 0 Å². The minimum absolute atomic E-state index is 0.0527. The summed E-state index contributed by atoms with van der Waals surface area (Å²) in [6.07, 6.45) is 1.25. The number of ether oxygens (including phenoxy) is 1. The molecule has 0 aromatic rings. The highest BCUT2D eigenvalue weighted by atomic mass is 16.5. The second kappa shape index (κ2) is 3.96. The number of rotatable bonds is 3. The third kappa shape index (κ3) is 1.72. The zero-order chi connectivity index (χ0) is 10.8. The van der Waals surface area contributed by atoms with E-state index in [2.05, 4.69) is 0 Å². The van der Waals surface area contributed by atoms with Crippen LogP contribution in [-0.2, 0) is 14.3 Å². The maximum Gasteiger partial charge on any atom is 0.329 e. The fourth-order valence-corrected chi connectivity index (χ4v) is 1.79. The summed E-state index contributed by atoms with van der Waals surface area (Å²) in [5.74, 6) is -1.20. The third-order valence-corrected chi connectivity index (χ3v) is 2.67. The van der Waals surface area contributed by atoms with Crippen LogP contribution in [0.4, 0.5) is 0 Å². The number of nitrogens with zero attached hydrogens (tertiary/aromatic N) is 1. The smallest absolute Gasteiger partial charge is 0.329 e. The van der Waals surface area contributed by atoms with E-state index >= 15 is 0 Å². The number of hydrogen-bond donors (Lipinski definition) is 1. The van der Waals surface area contributed by atoms with E-state index in [1.54, 1.807) is 6.92 Å². The van der Waals surface area contributed by atoms with Gasteiger partial charge >= 0.3 is 5.97 Å². The predicted molar refractivity (Wildman–Crippen MR) is 48.9 cm³/mol. The number of aliphatic carboxylic acids is 1. The summed E-state index contributed by atoms with van der Waals surface area (Å²) in [5.41, 5.74) is -1.05. The highest BCUT2D eigenvalue weighted by Crippen LogP contribution is 2.29. The van der Waals surface area contributed by atoms with E-state index in [9.17, 15) is 9.59 Å². The normalized spacial score (nSPS) is 26.6. The molecule has 1 saturated heterocycles. The first-order chi connectivity index (χ1) is 6.52. The molecule has 0 aliphatic carbocycles. The second-order valence-electron chi connectivity index (χ2n) is 3.66. The van der Waals surface area contributed by atoms with Crippen molar-refractivity contribution in [3.8, 4) is 0 Å². The molecule has 1 amide bonds. The standard InChI is InChI=1S/C9H15NO4/c1-9(8(12)13)4-3-5-10(9)7(11)6-14-2/h3-6H2,1-2H3,(H,12,13). The van der Waals surface area contributed by atoms with E-state index in [0.29, 0.717) is 13.0 Å². The Balaban J connectivity index is 2.77. The quantitative estimate of drug-likeness (QED) is 0.703. The summed E-state index contributed by atoms with van der Waals surface area (Å²) in [6, 6.07) is 0. The fraction of sp³-hybridized carbons (Fsp3) is 0.778. The SMILES string of the molecule is COCC(=O)N1CCCC1(C)C(=O)O. The van der Waals surface area contributed by atoms with Crippen LogP contribution in [0, 0.1) is 0 Å². The fourth-order valence-electron chi connectivity index (χ4n) is 1.79. The van der Waals surface area contributed by atoms with Gasteiger partial charge in [0.25, 0.3) is 0 Å². The first-order valence-electron chi connectivity index (χ1n) is 4.55. The molecule has 1 fully saturated rings. The van der Waals surface area contributed by atoms with E-state index in [1.165, 1.54) is 12.0 Å². The molecule has 80 valence electrons. The van der Waals surface area contributed by atoms with Gasteiger partial charge in [-0.15, -0.1) is 0 Å². The number of carboxylic acid groups (broad SMARTS) is 1. The molecule has 0 radical (unpaired) electrons. The van der Waals surface area contributed by atoms with Gasteiger partial charge in [-0.2, -0.15) is 0 Å². The minimum atomic E-state index is -1.05. The molecule has 14 heavy (non-hydrogen) atoms. The lowest BCUT2D eigenvalue weighted by Crippen LogP contribution is -2.51. The summed E-state index contributed by atoms with van der Waals surface area (Å²) in [5, 5.41) is 9.03. The van der Waals surface area contributed by atoms with Gasteiger partial charge in [-0.3, -0.25) is 4.79 Å². The largest absolute Gasteiger partial charge is 0.480 e. The number of hydrogen-bond acceptors (Lipinski definition) is 3. The van der Waals surface area contributed by atoms with Crippen molar-refractivity contribution in [2.24, 2.45) is 0 Å². The first-order valence-corrected chi connectivity index (χ1v) is 4.55. The summed E-state index contributed by atoms with van der Waals surface area (Å²) in [6.45, 7) is 2.03. The monoisotopic (exact) mass is 201 g/mol. The summed E-state index contributed by atoms with van der Waals surface area (Å²) < 4.78 is 4.70. The van der Waals surface area contributed by atoms with Gasteiger partial charge < -0.3 is 14.7 Å². The van der Waals surface area contributed by atoms with Crippen LogP contribution >= 0.6 is 0 Å². The van der Waals surface area contributed by atoms with Crippen molar-refractivity contribution in [2.45, 2.75) is 25.3 Å². The highest BCUT2D eigenvalue weighted by Gasteiger charge is 2.45. The van der Waals surface area contributed by atoms with E-state index < -0.39 is 11.5 Å². The van der Waals surface area contributed by atoms with Crippen LogP contribution in [0.3, 0.4) is 0 Å². The van der Waals surface area contributed by atoms with Crippen molar-refractivity contribution in [3.63, 3.8) is 0 Å². The van der Waals surface area contributed by atoms with Gasteiger partial charge in [0.15, 0.2) is 0 Å². The van der Waals surface area contributed by atoms with Crippen molar-refractivity contribution in [2.75, 3.05) is 20.3 Å². The van der Waals surface area contributed by atoms with Gasteiger partial charge in [0.2, 0.25) is 5.91 Å². The number of methoxy groups -OCH3 is 1. The molecular weight excluding hydrogens is 186 g/mol. The second-order valence-corrected chi connectivity index (χ2v) is 3.66. The molecule has 0 aromatic heterocycles. The molecule has 1 unspecified atom stereocenters. The van der Waals surface area contributed by atoms with Crippen LogP contribution in [0.25, 0.3) is 0 Å². The van der Waals surface area contributed by atoms with Crippen molar-refractivity contribution in [1.82, 2.24) is 4.90 Å². The van der Waals surface area contributed by atoms with Gasteiger partial charge in [-0.05, 0) is 19.8 Å². The third-order valence-electron chi connectivity index (χ3n) is 2.67. The molecule has 5 nitrogen and oxygen atoms in total. The van der Waals surface area contributed by atoms with E-state index in [1.807, 2.05) is 0 Å². The Morgan fingerprint density at radius 2 is 2.21 bits per heavy atom. The van der Waals surface area contributed by atoms with Crippen LogP contribution in [0.15, 0.2) is 0 Å². The Bertz CT molecular complexity index is 253. The number of amides is 1. The molecule has 0 spiro atoms. The Kier molecular flexibility index (Phi) is 3.10. The molecule has 5 heteroatoms. The lowest BCUT2D eigenvalue weighted by Gasteiger charge is -2.30. The Labute approximate surface area is 82.6 Å². The van der Waals surface area contributed by atoms with Crippen LogP contribution in [0.5, 0.6) is 0 Å². The van der Waals surface area contributed by atoms with Crippen LogP contribution in [0.2, 0.25) is 0 Å². The van der Waals surface area contributed by atoms with Crippen LogP contribution in [-0.4, -0.2) is 47.7 Å². The summed E-state index contributed by atoms with van der Waals surface area (Å²) in [7, 11) is 1.42. The van der Waals surface area contributed by atoms with Gasteiger partial charge in [0, 0.05) is 13.7 Å². The lowest BCUT2D eigenvalue weighted by atomic mass is 9.99. The average Bonchev–Trinajstić information content (AvgIpc) is 2.49. The lowest BCUT2D eigenvalue weighted by molar-refractivity contribution is -0.156. The van der Waals surface area contributed by atoms with Gasteiger partial charge in [-0.25, -0.2) is 4.79 Å². The molecule has 1 N–H and O–H groups in total. The number of likely N-dealkylation sites (tertiary alicyclic amines) is 1. The number of carbonyl (C=O) groups is 2. The maximum atomic E-state index is 11.5. The zero-order valence-corrected chi connectivity index (χ0v) is 8.45. The van der Waals surface area contributed by atoms with Crippen molar-refractivity contribution < 1.29 is 19.4 Å². The van der Waals surface area contributed by atoms with Crippen molar-refractivity contribution >= 4 is 11.9 Å². The van der Waals surface area contributed by atoms with Crippen molar-refractivity contribution in [1.29, 1.82) is 0 Å². The summed E-state index contributed by atoms with van der Waals surface area (Å²) >= 11 is 0. The van der Waals surface area contributed by atoms with Gasteiger partial charge in [0.1, 0.15) is 12.1 Å². The molecule has 1 rings (SSSR count). The Morgan fingerprint density at radius 1 is 1.57 bits per heavy atom.